The fourth-order valence-corrected chi connectivity index (χ4v) is 2.61. The molecule has 0 bridgehead atoms. The molecule has 2 N–H and O–H groups in total. The van der Waals surface area contributed by atoms with Gasteiger partial charge in [0.2, 0.25) is 5.91 Å². The number of ether oxygens (including phenoxy) is 1. The first-order valence-electron chi connectivity index (χ1n) is 7.04. The van der Waals surface area contributed by atoms with Gasteiger partial charge >= 0.3 is 0 Å². The number of anilines is 1. The molecule has 1 aliphatic rings. The van der Waals surface area contributed by atoms with Crippen LogP contribution in [0.2, 0.25) is 5.02 Å². The molecule has 1 saturated heterocycles. The molecule has 2 rings (SSSR count). The van der Waals surface area contributed by atoms with E-state index in [0.29, 0.717) is 23.1 Å². The minimum atomic E-state index is -0.497. The number of carbonyl (C=O) groups is 1. The summed E-state index contributed by atoms with van der Waals surface area (Å²) < 4.78 is 5.38. The Morgan fingerprint density at radius 1 is 1.48 bits per heavy atom. The number of halogens is 2. The average molecular weight is 333 g/mol. The molecule has 1 aromatic rings. The largest absolute Gasteiger partial charge is 0.492 e. The van der Waals surface area contributed by atoms with E-state index in [1.165, 1.54) is 0 Å². The van der Waals surface area contributed by atoms with Gasteiger partial charge < -0.3 is 15.4 Å². The van der Waals surface area contributed by atoms with Crippen molar-refractivity contribution >= 4 is 35.6 Å². The third kappa shape index (κ3) is 4.50. The Balaban J connectivity index is 0.00000220. The predicted molar refractivity (Wildman–Crippen MR) is 88.8 cm³/mol. The minimum absolute atomic E-state index is 0. The van der Waals surface area contributed by atoms with Crippen LogP contribution in [0.5, 0.6) is 5.75 Å². The predicted octanol–water partition coefficient (Wildman–Crippen LogP) is 3.63. The van der Waals surface area contributed by atoms with Crippen molar-refractivity contribution in [3.05, 3.63) is 23.2 Å². The van der Waals surface area contributed by atoms with Gasteiger partial charge in [-0.05, 0) is 57.9 Å². The summed E-state index contributed by atoms with van der Waals surface area (Å²) in [4.78, 5) is 12.4. The Morgan fingerprint density at radius 2 is 2.24 bits per heavy atom. The van der Waals surface area contributed by atoms with Crippen LogP contribution in [0.4, 0.5) is 5.69 Å². The number of rotatable bonds is 4. The molecule has 118 valence electrons. The summed E-state index contributed by atoms with van der Waals surface area (Å²) in [6, 6.07) is 5.30. The van der Waals surface area contributed by atoms with Gasteiger partial charge in [-0.1, -0.05) is 11.6 Å². The Labute approximate surface area is 137 Å². The van der Waals surface area contributed by atoms with E-state index in [9.17, 15) is 4.79 Å². The lowest BCUT2D eigenvalue weighted by atomic mass is 9.90. The molecule has 1 atom stereocenters. The molecule has 0 radical (unpaired) electrons. The van der Waals surface area contributed by atoms with Crippen LogP contribution in [0, 0.1) is 0 Å². The molecule has 1 heterocycles. The zero-order chi connectivity index (χ0) is 14.6. The molecule has 1 aromatic carbocycles. The molecule has 1 aliphatic heterocycles. The monoisotopic (exact) mass is 332 g/mol. The first-order valence-corrected chi connectivity index (χ1v) is 7.42. The van der Waals surface area contributed by atoms with Gasteiger partial charge in [-0.3, -0.25) is 4.79 Å². The van der Waals surface area contributed by atoms with Crippen LogP contribution in [0.15, 0.2) is 18.2 Å². The molecule has 4 nitrogen and oxygen atoms in total. The summed E-state index contributed by atoms with van der Waals surface area (Å²) in [5, 5.41) is 6.72. The zero-order valence-electron chi connectivity index (χ0n) is 12.4. The van der Waals surface area contributed by atoms with E-state index in [-0.39, 0.29) is 18.3 Å². The second kappa shape index (κ2) is 7.87. The van der Waals surface area contributed by atoms with Crippen molar-refractivity contribution in [3.8, 4) is 5.75 Å². The normalized spacial score (nSPS) is 21.3. The highest BCUT2D eigenvalue weighted by Gasteiger charge is 2.34. The Hall–Kier alpha value is -0.970. The lowest BCUT2D eigenvalue weighted by molar-refractivity contribution is -0.122. The minimum Gasteiger partial charge on any atom is -0.492 e. The van der Waals surface area contributed by atoms with Crippen molar-refractivity contribution in [2.45, 2.75) is 38.6 Å². The van der Waals surface area contributed by atoms with Crippen molar-refractivity contribution in [2.75, 3.05) is 18.5 Å². The van der Waals surface area contributed by atoms with Crippen molar-refractivity contribution in [2.24, 2.45) is 0 Å². The molecule has 1 amide bonds. The van der Waals surface area contributed by atoms with Crippen molar-refractivity contribution in [3.63, 3.8) is 0 Å². The quantitative estimate of drug-likeness (QED) is 0.885. The van der Waals surface area contributed by atoms with E-state index in [1.807, 2.05) is 13.8 Å². The second-order valence-electron chi connectivity index (χ2n) is 5.25. The Bertz CT molecular complexity index is 489. The van der Waals surface area contributed by atoms with Gasteiger partial charge in [0.15, 0.2) is 0 Å². The van der Waals surface area contributed by atoms with Gasteiger partial charge in [-0.25, -0.2) is 0 Å². The molecule has 21 heavy (non-hydrogen) atoms. The van der Waals surface area contributed by atoms with Crippen LogP contribution < -0.4 is 15.4 Å². The number of amides is 1. The first-order chi connectivity index (χ1) is 9.55. The molecular weight excluding hydrogens is 311 g/mol. The van der Waals surface area contributed by atoms with E-state index in [0.717, 1.165) is 25.8 Å². The standard InChI is InChI=1S/C15H21ClN2O2.ClH/c1-3-20-13-7-6-11(10-12(13)16)18-14(19)15(2)8-4-5-9-17-15;/h6-7,10,17H,3-5,8-9H2,1-2H3,(H,18,19);1H. The zero-order valence-corrected chi connectivity index (χ0v) is 13.9. The van der Waals surface area contributed by atoms with Gasteiger partial charge in [-0.2, -0.15) is 0 Å². The maximum Gasteiger partial charge on any atom is 0.244 e. The molecule has 0 aliphatic carbocycles. The summed E-state index contributed by atoms with van der Waals surface area (Å²) in [5.41, 5.74) is 0.195. The van der Waals surface area contributed by atoms with E-state index in [2.05, 4.69) is 10.6 Å². The molecule has 1 unspecified atom stereocenters. The molecule has 6 heteroatoms. The maximum absolute atomic E-state index is 12.4. The highest BCUT2D eigenvalue weighted by atomic mass is 35.5. The summed E-state index contributed by atoms with van der Waals surface area (Å²) in [6.45, 7) is 5.29. The number of piperidine rings is 1. The molecule has 1 fully saturated rings. The van der Waals surface area contributed by atoms with E-state index >= 15 is 0 Å². The maximum atomic E-state index is 12.4. The van der Waals surface area contributed by atoms with Gasteiger partial charge in [0.1, 0.15) is 5.75 Å². The fourth-order valence-electron chi connectivity index (χ4n) is 2.37. The van der Waals surface area contributed by atoms with Gasteiger partial charge in [-0.15, -0.1) is 12.4 Å². The van der Waals surface area contributed by atoms with Crippen LogP contribution >= 0.6 is 24.0 Å². The number of benzene rings is 1. The summed E-state index contributed by atoms with van der Waals surface area (Å²) in [5.74, 6) is 0.617. The second-order valence-corrected chi connectivity index (χ2v) is 5.66. The van der Waals surface area contributed by atoms with Gasteiger partial charge in [0.05, 0.1) is 17.2 Å². The van der Waals surface area contributed by atoms with Crippen molar-refractivity contribution in [1.29, 1.82) is 0 Å². The van der Waals surface area contributed by atoms with Crippen LogP contribution in [-0.2, 0) is 4.79 Å². The number of hydrogen-bond donors (Lipinski definition) is 2. The average Bonchev–Trinajstić information content (AvgIpc) is 2.43. The van der Waals surface area contributed by atoms with Gasteiger partial charge in [0.25, 0.3) is 0 Å². The number of hydrogen-bond acceptors (Lipinski definition) is 3. The smallest absolute Gasteiger partial charge is 0.244 e. The summed E-state index contributed by atoms with van der Waals surface area (Å²) >= 11 is 6.12. The molecular formula is C15H22Cl2N2O2. The third-order valence-electron chi connectivity index (χ3n) is 3.61. The molecule has 0 saturated carbocycles. The van der Waals surface area contributed by atoms with Crippen LogP contribution in [0.3, 0.4) is 0 Å². The third-order valence-corrected chi connectivity index (χ3v) is 3.90. The van der Waals surface area contributed by atoms with E-state index in [4.69, 9.17) is 16.3 Å². The van der Waals surface area contributed by atoms with Crippen LogP contribution in [0.25, 0.3) is 0 Å². The SMILES string of the molecule is CCOc1ccc(NC(=O)C2(C)CCCCN2)cc1Cl.Cl. The lowest BCUT2D eigenvalue weighted by Crippen LogP contribution is -2.54. The highest BCUT2D eigenvalue weighted by molar-refractivity contribution is 6.32. The molecule has 0 aromatic heterocycles. The molecule has 0 spiro atoms. The van der Waals surface area contributed by atoms with E-state index < -0.39 is 5.54 Å². The number of nitrogens with one attached hydrogen (secondary N) is 2. The lowest BCUT2D eigenvalue weighted by Gasteiger charge is -2.33. The van der Waals surface area contributed by atoms with Crippen LogP contribution in [0.1, 0.15) is 33.1 Å². The highest BCUT2D eigenvalue weighted by Crippen LogP contribution is 2.28. The Morgan fingerprint density at radius 3 is 2.81 bits per heavy atom. The van der Waals surface area contributed by atoms with E-state index in [1.54, 1.807) is 18.2 Å². The fraction of sp³-hybridized carbons (Fsp3) is 0.533. The Kier molecular flexibility index (Phi) is 6.78. The van der Waals surface area contributed by atoms with Crippen LogP contribution in [-0.4, -0.2) is 24.6 Å². The summed E-state index contributed by atoms with van der Waals surface area (Å²) in [6.07, 6.45) is 3.04. The first kappa shape index (κ1) is 18.1. The van der Waals surface area contributed by atoms with Gasteiger partial charge in [0, 0.05) is 5.69 Å². The topological polar surface area (TPSA) is 50.4 Å². The van der Waals surface area contributed by atoms with Crippen molar-refractivity contribution in [1.82, 2.24) is 5.32 Å². The number of carbonyl (C=O) groups excluding carboxylic acids is 1. The summed E-state index contributed by atoms with van der Waals surface area (Å²) in [7, 11) is 0. The van der Waals surface area contributed by atoms with Crippen molar-refractivity contribution < 1.29 is 9.53 Å².